The summed E-state index contributed by atoms with van der Waals surface area (Å²) in [5.41, 5.74) is 2.37. The van der Waals surface area contributed by atoms with Crippen molar-refractivity contribution in [1.29, 1.82) is 0 Å². The minimum Gasteiger partial charge on any atom is -0.506 e. The highest BCUT2D eigenvalue weighted by atomic mass is 79.9. The number of nitrogens with one attached hydrogen (secondary N) is 1. The lowest BCUT2D eigenvalue weighted by molar-refractivity contribution is 0.475. The van der Waals surface area contributed by atoms with Crippen molar-refractivity contribution < 1.29 is 5.11 Å². The van der Waals surface area contributed by atoms with E-state index in [1.165, 1.54) is 5.56 Å². The standard InChI is InChI=1S/C16H17BrClNO/c1-11(8-12-2-5-14(17)6-3-12)19-10-13-4-7-16(20)15(18)9-13/h2-7,9,11,19-20H,8,10H2,1H3. The Bertz CT molecular complexity index is 571. The number of hydrogen-bond acceptors (Lipinski definition) is 2. The molecule has 0 aromatic heterocycles. The monoisotopic (exact) mass is 353 g/mol. The van der Waals surface area contributed by atoms with Crippen LogP contribution in [-0.4, -0.2) is 11.1 Å². The molecular formula is C16H17BrClNO. The van der Waals surface area contributed by atoms with Gasteiger partial charge in [-0.3, -0.25) is 0 Å². The van der Waals surface area contributed by atoms with Gasteiger partial charge in [-0.05, 0) is 48.7 Å². The van der Waals surface area contributed by atoms with Crippen molar-refractivity contribution >= 4 is 27.5 Å². The fraction of sp³-hybridized carbons (Fsp3) is 0.250. The first-order valence-corrected chi connectivity index (χ1v) is 7.67. The summed E-state index contributed by atoms with van der Waals surface area (Å²) in [5, 5.41) is 13.2. The summed E-state index contributed by atoms with van der Waals surface area (Å²) in [4.78, 5) is 0. The molecule has 0 heterocycles. The van der Waals surface area contributed by atoms with Gasteiger partial charge in [-0.2, -0.15) is 0 Å². The topological polar surface area (TPSA) is 32.3 Å². The molecule has 0 saturated heterocycles. The van der Waals surface area contributed by atoms with Crippen LogP contribution in [0.3, 0.4) is 0 Å². The molecule has 0 amide bonds. The Kier molecular flexibility index (Phi) is 5.46. The lowest BCUT2D eigenvalue weighted by Gasteiger charge is -2.14. The van der Waals surface area contributed by atoms with E-state index in [0.717, 1.165) is 23.0 Å². The third kappa shape index (κ3) is 4.51. The predicted octanol–water partition coefficient (Wildman–Crippen LogP) is 4.53. The summed E-state index contributed by atoms with van der Waals surface area (Å²) in [7, 11) is 0. The van der Waals surface area contributed by atoms with Gasteiger partial charge in [-0.15, -0.1) is 0 Å². The third-order valence-electron chi connectivity index (χ3n) is 3.12. The van der Waals surface area contributed by atoms with Crippen molar-refractivity contribution in [1.82, 2.24) is 5.32 Å². The molecule has 2 aromatic rings. The van der Waals surface area contributed by atoms with Crippen molar-refractivity contribution in [3.8, 4) is 5.75 Å². The summed E-state index contributed by atoms with van der Waals surface area (Å²) in [6.45, 7) is 2.89. The predicted molar refractivity (Wildman–Crippen MR) is 87.3 cm³/mol. The zero-order valence-electron chi connectivity index (χ0n) is 11.2. The number of hydrogen-bond donors (Lipinski definition) is 2. The van der Waals surface area contributed by atoms with Crippen LogP contribution in [0.15, 0.2) is 46.9 Å². The van der Waals surface area contributed by atoms with Gasteiger partial charge in [0.05, 0.1) is 5.02 Å². The summed E-state index contributed by atoms with van der Waals surface area (Å²) >= 11 is 9.33. The van der Waals surface area contributed by atoms with Gasteiger partial charge in [-0.1, -0.05) is 45.7 Å². The van der Waals surface area contributed by atoms with Crippen LogP contribution in [0.25, 0.3) is 0 Å². The van der Waals surface area contributed by atoms with E-state index in [-0.39, 0.29) is 5.75 Å². The van der Waals surface area contributed by atoms with E-state index in [4.69, 9.17) is 11.6 Å². The maximum Gasteiger partial charge on any atom is 0.134 e. The summed E-state index contributed by atoms with van der Waals surface area (Å²) in [6.07, 6.45) is 0.971. The summed E-state index contributed by atoms with van der Waals surface area (Å²) in [5.74, 6) is 0.123. The van der Waals surface area contributed by atoms with Crippen LogP contribution in [0, 0.1) is 0 Å². The van der Waals surface area contributed by atoms with Crippen molar-refractivity contribution in [2.75, 3.05) is 0 Å². The van der Waals surface area contributed by atoms with Gasteiger partial charge >= 0.3 is 0 Å². The molecule has 0 aliphatic rings. The maximum atomic E-state index is 9.38. The van der Waals surface area contributed by atoms with Crippen LogP contribution in [0.5, 0.6) is 5.75 Å². The number of phenols is 1. The second-order valence-electron chi connectivity index (χ2n) is 4.90. The van der Waals surface area contributed by atoms with Gasteiger partial charge in [0.15, 0.2) is 0 Å². The molecule has 0 aliphatic heterocycles. The largest absolute Gasteiger partial charge is 0.506 e. The zero-order chi connectivity index (χ0) is 14.5. The molecular weight excluding hydrogens is 338 g/mol. The smallest absolute Gasteiger partial charge is 0.134 e. The number of aromatic hydroxyl groups is 1. The van der Waals surface area contributed by atoms with Crippen molar-refractivity contribution in [3.05, 3.63) is 63.1 Å². The van der Waals surface area contributed by atoms with Gasteiger partial charge < -0.3 is 10.4 Å². The average molecular weight is 355 g/mol. The zero-order valence-corrected chi connectivity index (χ0v) is 13.6. The number of halogens is 2. The summed E-state index contributed by atoms with van der Waals surface area (Å²) in [6, 6.07) is 14.0. The van der Waals surface area contributed by atoms with Crippen LogP contribution in [0.4, 0.5) is 0 Å². The molecule has 2 rings (SSSR count). The van der Waals surface area contributed by atoms with E-state index in [0.29, 0.717) is 11.1 Å². The second-order valence-corrected chi connectivity index (χ2v) is 6.22. The molecule has 0 saturated carbocycles. The fourth-order valence-corrected chi connectivity index (χ4v) is 2.47. The molecule has 0 spiro atoms. The van der Waals surface area contributed by atoms with Gasteiger partial charge in [-0.25, -0.2) is 0 Å². The molecule has 106 valence electrons. The van der Waals surface area contributed by atoms with Crippen LogP contribution < -0.4 is 5.32 Å². The van der Waals surface area contributed by atoms with Crippen LogP contribution in [-0.2, 0) is 13.0 Å². The van der Waals surface area contributed by atoms with Crippen molar-refractivity contribution in [2.24, 2.45) is 0 Å². The molecule has 1 unspecified atom stereocenters. The minimum atomic E-state index is 0.123. The lowest BCUT2D eigenvalue weighted by Crippen LogP contribution is -2.27. The Balaban J connectivity index is 1.86. The second kappa shape index (κ2) is 7.11. The first-order chi connectivity index (χ1) is 9.54. The normalized spacial score (nSPS) is 12.3. The van der Waals surface area contributed by atoms with Crippen molar-refractivity contribution in [2.45, 2.75) is 25.9 Å². The number of benzene rings is 2. The van der Waals surface area contributed by atoms with E-state index in [9.17, 15) is 5.11 Å². The highest BCUT2D eigenvalue weighted by Crippen LogP contribution is 2.23. The Labute approximate surface area is 132 Å². The highest BCUT2D eigenvalue weighted by Gasteiger charge is 2.05. The van der Waals surface area contributed by atoms with E-state index < -0.39 is 0 Å². The molecule has 0 aliphatic carbocycles. The minimum absolute atomic E-state index is 0.123. The summed E-state index contributed by atoms with van der Waals surface area (Å²) < 4.78 is 1.10. The molecule has 0 radical (unpaired) electrons. The van der Waals surface area contributed by atoms with Gasteiger partial charge in [0.25, 0.3) is 0 Å². The first kappa shape index (κ1) is 15.4. The van der Waals surface area contributed by atoms with E-state index in [1.807, 2.05) is 6.07 Å². The Morgan fingerprint density at radius 1 is 1.15 bits per heavy atom. The van der Waals surface area contributed by atoms with Gasteiger partial charge in [0.1, 0.15) is 5.75 Å². The van der Waals surface area contributed by atoms with E-state index >= 15 is 0 Å². The number of rotatable bonds is 5. The fourth-order valence-electron chi connectivity index (χ4n) is 2.00. The Hall–Kier alpha value is -1.03. The van der Waals surface area contributed by atoms with Gasteiger partial charge in [0.2, 0.25) is 0 Å². The van der Waals surface area contributed by atoms with Gasteiger partial charge in [0, 0.05) is 17.1 Å². The van der Waals surface area contributed by atoms with E-state index in [2.05, 4.69) is 52.4 Å². The van der Waals surface area contributed by atoms with Crippen LogP contribution in [0.2, 0.25) is 5.02 Å². The molecule has 1 atom stereocenters. The maximum absolute atomic E-state index is 9.38. The molecule has 2 nitrogen and oxygen atoms in total. The molecule has 2 aromatic carbocycles. The average Bonchev–Trinajstić information content (AvgIpc) is 2.43. The van der Waals surface area contributed by atoms with E-state index in [1.54, 1.807) is 12.1 Å². The Morgan fingerprint density at radius 3 is 2.45 bits per heavy atom. The quantitative estimate of drug-likeness (QED) is 0.827. The lowest BCUT2D eigenvalue weighted by atomic mass is 10.1. The molecule has 0 fully saturated rings. The molecule has 4 heteroatoms. The molecule has 20 heavy (non-hydrogen) atoms. The first-order valence-electron chi connectivity index (χ1n) is 6.50. The van der Waals surface area contributed by atoms with Crippen LogP contribution in [0.1, 0.15) is 18.1 Å². The van der Waals surface area contributed by atoms with Crippen LogP contribution >= 0.6 is 27.5 Å². The molecule has 0 bridgehead atoms. The third-order valence-corrected chi connectivity index (χ3v) is 3.95. The Morgan fingerprint density at radius 2 is 1.80 bits per heavy atom. The number of phenolic OH excluding ortho intramolecular Hbond substituents is 1. The molecule has 2 N–H and O–H groups in total. The highest BCUT2D eigenvalue weighted by molar-refractivity contribution is 9.10. The van der Waals surface area contributed by atoms with Crippen molar-refractivity contribution in [3.63, 3.8) is 0 Å². The SMILES string of the molecule is CC(Cc1ccc(Br)cc1)NCc1ccc(O)c(Cl)c1.